The maximum atomic E-state index is 3.44. The zero-order chi connectivity index (χ0) is 8.10. The van der Waals surface area contributed by atoms with Crippen molar-refractivity contribution < 1.29 is 0 Å². The Morgan fingerprint density at radius 2 is 2.09 bits per heavy atom. The van der Waals surface area contributed by atoms with Crippen LogP contribution < -0.4 is 5.32 Å². The van der Waals surface area contributed by atoms with Crippen LogP contribution in [0.1, 0.15) is 26.7 Å². The van der Waals surface area contributed by atoms with Crippen molar-refractivity contribution in [2.45, 2.75) is 32.7 Å². The number of piperidine rings is 1. The summed E-state index contributed by atoms with van der Waals surface area (Å²) < 4.78 is 0. The van der Waals surface area contributed by atoms with Gasteiger partial charge in [-0.2, -0.15) is 0 Å². The highest BCUT2D eigenvalue weighted by Gasteiger charge is 2.17. The molecule has 0 unspecified atom stereocenters. The molecule has 0 spiro atoms. The summed E-state index contributed by atoms with van der Waals surface area (Å²) in [6.07, 6.45) is 2.73. The van der Waals surface area contributed by atoms with Gasteiger partial charge in [0.1, 0.15) is 0 Å². The van der Waals surface area contributed by atoms with E-state index in [0.29, 0.717) is 0 Å². The summed E-state index contributed by atoms with van der Waals surface area (Å²) in [6, 6.07) is 0.804. The van der Waals surface area contributed by atoms with E-state index in [1.807, 2.05) is 0 Å². The summed E-state index contributed by atoms with van der Waals surface area (Å²) in [5, 5.41) is 3.44. The Morgan fingerprint density at radius 1 is 1.36 bits per heavy atom. The summed E-state index contributed by atoms with van der Waals surface area (Å²) >= 11 is 0. The summed E-state index contributed by atoms with van der Waals surface area (Å²) in [4.78, 5) is 2.55. The average Bonchev–Trinajstić information content (AvgIpc) is 2.09. The number of likely N-dealkylation sites (N-methyl/N-ethyl adjacent to an activating group) is 1. The van der Waals surface area contributed by atoms with Crippen LogP contribution in [0.25, 0.3) is 0 Å². The molecule has 0 aromatic rings. The molecule has 1 rings (SSSR count). The predicted molar refractivity (Wildman–Crippen MR) is 48.8 cm³/mol. The van der Waals surface area contributed by atoms with Crippen molar-refractivity contribution in [3.05, 3.63) is 0 Å². The quantitative estimate of drug-likeness (QED) is 0.658. The van der Waals surface area contributed by atoms with Gasteiger partial charge in [0.05, 0.1) is 0 Å². The molecule has 0 aromatic heterocycles. The lowest BCUT2D eigenvalue weighted by Gasteiger charge is -2.32. The molecule has 2 nitrogen and oxygen atoms in total. The first-order valence-electron chi connectivity index (χ1n) is 4.83. The molecule has 0 aliphatic carbocycles. The third kappa shape index (κ3) is 2.46. The number of hydrogen-bond donors (Lipinski definition) is 1. The number of rotatable bonds is 3. The van der Waals surface area contributed by atoms with Gasteiger partial charge in [0.25, 0.3) is 0 Å². The second kappa shape index (κ2) is 4.73. The zero-order valence-electron chi connectivity index (χ0n) is 7.77. The van der Waals surface area contributed by atoms with Gasteiger partial charge in [-0.15, -0.1) is 0 Å². The van der Waals surface area contributed by atoms with E-state index in [4.69, 9.17) is 0 Å². The lowest BCUT2D eigenvalue weighted by Crippen LogP contribution is -2.45. The fraction of sp³-hybridized carbons (Fsp3) is 1.00. The molecule has 0 bridgehead atoms. The molecule has 1 aliphatic rings. The first-order chi connectivity index (χ1) is 5.38. The first kappa shape index (κ1) is 9.01. The fourth-order valence-electron chi connectivity index (χ4n) is 1.89. The highest BCUT2D eigenvalue weighted by atomic mass is 15.2. The first-order valence-corrected chi connectivity index (χ1v) is 4.83. The molecule has 0 saturated carbocycles. The minimum absolute atomic E-state index is 0.804. The smallest absolute Gasteiger partial charge is 0.0220 e. The maximum Gasteiger partial charge on any atom is 0.0220 e. The summed E-state index contributed by atoms with van der Waals surface area (Å²) in [6.45, 7) is 9.31. The SMILES string of the molecule is CCN(CC)[C@H]1CCCNC1. The Morgan fingerprint density at radius 3 is 2.55 bits per heavy atom. The summed E-state index contributed by atoms with van der Waals surface area (Å²) in [5.41, 5.74) is 0. The molecule has 1 atom stereocenters. The van der Waals surface area contributed by atoms with E-state index in [0.717, 1.165) is 6.04 Å². The van der Waals surface area contributed by atoms with E-state index < -0.39 is 0 Å². The van der Waals surface area contributed by atoms with Crippen LogP contribution in [0, 0.1) is 0 Å². The zero-order valence-corrected chi connectivity index (χ0v) is 7.77. The van der Waals surface area contributed by atoms with Gasteiger partial charge in [0, 0.05) is 12.6 Å². The van der Waals surface area contributed by atoms with Crippen molar-refractivity contribution in [3.63, 3.8) is 0 Å². The van der Waals surface area contributed by atoms with Crippen LogP contribution in [0.5, 0.6) is 0 Å². The van der Waals surface area contributed by atoms with Crippen LogP contribution in [-0.2, 0) is 0 Å². The second-order valence-electron chi connectivity index (χ2n) is 3.22. The Kier molecular flexibility index (Phi) is 3.87. The van der Waals surface area contributed by atoms with Gasteiger partial charge >= 0.3 is 0 Å². The Labute approximate surface area is 70.0 Å². The van der Waals surface area contributed by atoms with Crippen LogP contribution in [0.2, 0.25) is 0 Å². The van der Waals surface area contributed by atoms with Gasteiger partial charge in [0.15, 0.2) is 0 Å². The monoisotopic (exact) mass is 156 g/mol. The van der Waals surface area contributed by atoms with Gasteiger partial charge in [-0.3, -0.25) is 4.90 Å². The lowest BCUT2D eigenvalue weighted by atomic mass is 10.1. The molecule has 0 amide bonds. The molecule has 1 saturated heterocycles. The molecular formula is C9H20N2. The Hall–Kier alpha value is -0.0800. The van der Waals surface area contributed by atoms with Crippen LogP contribution in [-0.4, -0.2) is 37.1 Å². The number of nitrogens with one attached hydrogen (secondary N) is 1. The second-order valence-corrected chi connectivity index (χ2v) is 3.22. The third-order valence-corrected chi connectivity index (χ3v) is 2.60. The van der Waals surface area contributed by atoms with Crippen LogP contribution in [0.4, 0.5) is 0 Å². The molecular weight excluding hydrogens is 136 g/mol. The molecule has 1 heterocycles. The largest absolute Gasteiger partial charge is 0.315 e. The van der Waals surface area contributed by atoms with E-state index in [2.05, 4.69) is 24.1 Å². The molecule has 11 heavy (non-hydrogen) atoms. The lowest BCUT2D eigenvalue weighted by molar-refractivity contribution is 0.182. The maximum absolute atomic E-state index is 3.44. The van der Waals surface area contributed by atoms with Crippen molar-refractivity contribution in [1.82, 2.24) is 10.2 Å². The predicted octanol–water partition coefficient (Wildman–Crippen LogP) is 1.08. The molecule has 1 N–H and O–H groups in total. The molecule has 0 radical (unpaired) electrons. The molecule has 2 heteroatoms. The standard InChI is InChI=1S/C9H20N2/c1-3-11(4-2)9-6-5-7-10-8-9/h9-10H,3-8H2,1-2H3/t9-/m0/s1. The number of hydrogen-bond acceptors (Lipinski definition) is 2. The van der Waals surface area contributed by atoms with Crippen LogP contribution in [0.15, 0.2) is 0 Å². The van der Waals surface area contributed by atoms with Gasteiger partial charge in [-0.25, -0.2) is 0 Å². The van der Waals surface area contributed by atoms with Crippen molar-refractivity contribution in [2.75, 3.05) is 26.2 Å². The third-order valence-electron chi connectivity index (χ3n) is 2.60. The molecule has 0 aromatic carbocycles. The van der Waals surface area contributed by atoms with Crippen molar-refractivity contribution >= 4 is 0 Å². The van der Waals surface area contributed by atoms with Crippen LogP contribution in [0.3, 0.4) is 0 Å². The van der Waals surface area contributed by atoms with Gasteiger partial charge < -0.3 is 5.32 Å². The van der Waals surface area contributed by atoms with E-state index in [-0.39, 0.29) is 0 Å². The minimum atomic E-state index is 0.804. The normalized spacial score (nSPS) is 25.9. The highest BCUT2D eigenvalue weighted by molar-refractivity contribution is 4.76. The van der Waals surface area contributed by atoms with Crippen molar-refractivity contribution in [3.8, 4) is 0 Å². The van der Waals surface area contributed by atoms with Crippen molar-refractivity contribution in [2.24, 2.45) is 0 Å². The topological polar surface area (TPSA) is 15.3 Å². The average molecular weight is 156 g/mol. The highest BCUT2D eigenvalue weighted by Crippen LogP contribution is 2.08. The van der Waals surface area contributed by atoms with E-state index in [1.165, 1.54) is 39.0 Å². The summed E-state index contributed by atoms with van der Waals surface area (Å²) in [5.74, 6) is 0. The van der Waals surface area contributed by atoms with E-state index >= 15 is 0 Å². The Balaban J connectivity index is 2.30. The number of nitrogens with zero attached hydrogens (tertiary/aromatic N) is 1. The van der Waals surface area contributed by atoms with Gasteiger partial charge in [0.2, 0.25) is 0 Å². The van der Waals surface area contributed by atoms with Gasteiger partial charge in [-0.1, -0.05) is 13.8 Å². The molecule has 66 valence electrons. The minimum Gasteiger partial charge on any atom is -0.315 e. The fourth-order valence-corrected chi connectivity index (χ4v) is 1.89. The molecule has 1 aliphatic heterocycles. The van der Waals surface area contributed by atoms with Gasteiger partial charge in [-0.05, 0) is 32.5 Å². The Bertz CT molecular complexity index is 93.7. The molecule has 1 fully saturated rings. The summed E-state index contributed by atoms with van der Waals surface area (Å²) in [7, 11) is 0. The van der Waals surface area contributed by atoms with Crippen molar-refractivity contribution in [1.29, 1.82) is 0 Å². The van der Waals surface area contributed by atoms with Crippen LogP contribution >= 0.6 is 0 Å². The van der Waals surface area contributed by atoms with E-state index in [9.17, 15) is 0 Å². The van der Waals surface area contributed by atoms with E-state index in [1.54, 1.807) is 0 Å².